The van der Waals surface area contributed by atoms with Crippen LogP contribution in [0.25, 0.3) is 0 Å². The third-order valence-electron chi connectivity index (χ3n) is 4.89. The minimum Gasteiger partial charge on any atom is -0.492 e. The van der Waals surface area contributed by atoms with Crippen molar-refractivity contribution in [1.29, 1.82) is 0 Å². The first-order valence-electron chi connectivity index (χ1n) is 9.87. The summed E-state index contributed by atoms with van der Waals surface area (Å²) >= 11 is 0. The molecule has 1 amide bonds. The molecule has 0 N–H and O–H groups in total. The second-order valence-corrected chi connectivity index (χ2v) is 6.87. The molecular weight excluding hydrogens is 370 g/mol. The molecular formula is C23H25NO5. The van der Waals surface area contributed by atoms with Crippen molar-refractivity contribution in [1.82, 2.24) is 0 Å². The van der Waals surface area contributed by atoms with E-state index in [1.54, 1.807) is 48.2 Å². The zero-order valence-electron chi connectivity index (χ0n) is 16.7. The van der Waals surface area contributed by atoms with Crippen LogP contribution in [0, 0.1) is 5.92 Å². The summed E-state index contributed by atoms with van der Waals surface area (Å²) in [5.41, 5.74) is 1.14. The van der Waals surface area contributed by atoms with Gasteiger partial charge in [-0.3, -0.25) is 14.4 Å². The van der Waals surface area contributed by atoms with Gasteiger partial charge in [-0.1, -0.05) is 49.4 Å². The predicted molar refractivity (Wildman–Crippen MR) is 109 cm³/mol. The lowest BCUT2D eigenvalue weighted by molar-refractivity contribution is -0.151. The average Bonchev–Trinajstić information content (AvgIpc) is 3.14. The highest BCUT2D eigenvalue weighted by molar-refractivity contribution is 6.02. The second-order valence-electron chi connectivity index (χ2n) is 6.87. The Morgan fingerprint density at radius 3 is 2.45 bits per heavy atom. The van der Waals surface area contributed by atoms with Crippen LogP contribution in [0.4, 0.5) is 5.69 Å². The number of nitrogens with zero attached hydrogens (tertiary/aromatic N) is 1. The van der Waals surface area contributed by atoms with Gasteiger partial charge in [-0.2, -0.15) is 0 Å². The van der Waals surface area contributed by atoms with Crippen molar-refractivity contribution in [2.45, 2.75) is 32.8 Å². The molecule has 2 aromatic carbocycles. The molecule has 0 aromatic heterocycles. The number of ether oxygens (including phenoxy) is 2. The summed E-state index contributed by atoms with van der Waals surface area (Å²) < 4.78 is 11.1. The van der Waals surface area contributed by atoms with E-state index in [1.807, 2.05) is 25.1 Å². The fourth-order valence-corrected chi connectivity index (χ4v) is 3.40. The molecule has 1 saturated heterocycles. The van der Waals surface area contributed by atoms with Gasteiger partial charge >= 0.3 is 5.97 Å². The van der Waals surface area contributed by atoms with E-state index in [2.05, 4.69) is 0 Å². The number of ketones is 1. The molecule has 152 valence electrons. The van der Waals surface area contributed by atoms with Gasteiger partial charge in [0.05, 0.1) is 18.2 Å². The number of anilines is 1. The zero-order valence-corrected chi connectivity index (χ0v) is 16.7. The van der Waals surface area contributed by atoms with Crippen LogP contribution in [-0.2, 0) is 14.3 Å². The predicted octanol–water partition coefficient (Wildman–Crippen LogP) is 3.64. The van der Waals surface area contributed by atoms with E-state index in [0.29, 0.717) is 30.0 Å². The van der Waals surface area contributed by atoms with Crippen molar-refractivity contribution in [3.8, 4) is 5.75 Å². The number of para-hydroxylation sites is 2. The van der Waals surface area contributed by atoms with Crippen molar-refractivity contribution in [2.75, 3.05) is 18.1 Å². The Morgan fingerprint density at radius 2 is 1.76 bits per heavy atom. The van der Waals surface area contributed by atoms with Crippen LogP contribution in [0.5, 0.6) is 5.75 Å². The summed E-state index contributed by atoms with van der Waals surface area (Å²) in [5.74, 6) is -0.936. The number of benzene rings is 2. The smallest absolute Gasteiger partial charge is 0.312 e. The summed E-state index contributed by atoms with van der Waals surface area (Å²) in [7, 11) is 0. The lowest BCUT2D eigenvalue weighted by Gasteiger charge is -2.20. The molecule has 1 heterocycles. The van der Waals surface area contributed by atoms with Crippen molar-refractivity contribution in [2.24, 2.45) is 5.92 Å². The molecule has 0 spiro atoms. The quantitative estimate of drug-likeness (QED) is 0.504. The largest absolute Gasteiger partial charge is 0.492 e. The van der Waals surface area contributed by atoms with Crippen LogP contribution in [0.2, 0.25) is 0 Å². The number of amides is 1. The maximum atomic E-state index is 12.7. The lowest BCUT2D eigenvalue weighted by Crippen LogP contribution is -2.31. The van der Waals surface area contributed by atoms with E-state index in [9.17, 15) is 14.4 Å². The summed E-state index contributed by atoms with van der Waals surface area (Å²) in [4.78, 5) is 39.4. The number of carbonyl (C=O) groups is 3. The molecule has 0 saturated carbocycles. The Bertz CT molecular complexity index is 880. The van der Waals surface area contributed by atoms with Crippen LogP contribution in [0.15, 0.2) is 54.6 Å². The highest BCUT2D eigenvalue weighted by atomic mass is 16.5. The second kappa shape index (κ2) is 9.37. The molecule has 2 atom stereocenters. The van der Waals surface area contributed by atoms with Crippen LogP contribution < -0.4 is 9.64 Å². The molecule has 1 aliphatic rings. The third-order valence-corrected chi connectivity index (χ3v) is 4.89. The maximum absolute atomic E-state index is 12.7. The molecule has 29 heavy (non-hydrogen) atoms. The molecule has 3 rings (SSSR count). The summed E-state index contributed by atoms with van der Waals surface area (Å²) in [5, 5.41) is 0. The van der Waals surface area contributed by atoms with E-state index < -0.39 is 18.0 Å². The van der Waals surface area contributed by atoms with Gasteiger partial charge < -0.3 is 14.4 Å². The fraction of sp³-hybridized carbons (Fsp3) is 0.348. The van der Waals surface area contributed by atoms with Gasteiger partial charge in [0.1, 0.15) is 5.75 Å². The van der Waals surface area contributed by atoms with E-state index in [1.165, 1.54) is 0 Å². The Hall–Kier alpha value is -3.15. The molecule has 6 nitrogen and oxygen atoms in total. The fourth-order valence-electron chi connectivity index (χ4n) is 3.40. The van der Waals surface area contributed by atoms with Gasteiger partial charge in [0, 0.05) is 18.5 Å². The first-order valence-corrected chi connectivity index (χ1v) is 9.87. The number of Topliss-reactive ketones (excluding diaryl/α,β-unsaturated/α-hetero) is 1. The van der Waals surface area contributed by atoms with Crippen LogP contribution >= 0.6 is 0 Å². The number of hydrogen-bond donors (Lipinski definition) is 0. The van der Waals surface area contributed by atoms with Crippen molar-refractivity contribution >= 4 is 23.3 Å². The van der Waals surface area contributed by atoms with E-state index in [4.69, 9.17) is 9.47 Å². The molecule has 0 bridgehead atoms. The van der Waals surface area contributed by atoms with Crippen molar-refractivity contribution in [3.63, 3.8) is 0 Å². The number of hydrogen-bond acceptors (Lipinski definition) is 5. The van der Waals surface area contributed by atoms with Crippen LogP contribution in [0.1, 0.15) is 37.0 Å². The molecule has 1 fully saturated rings. The van der Waals surface area contributed by atoms with Crippen molar-refractivity contribution < 1.29 is 23.9 Å². The normalized spacial score (nSPS) is 17.1. The summed E-state index contributed by atoms with van der Waals surface area (Å²) in [6.45, 7) is 4.35. The minimum atomic E-state index is -0.857. The topological polar surface area (TPSA) is 72.9 Å². The van der Waals surface area contributed by atoms with Gasteiger partial charge in [-0.25, -0.2) is 0 Å². The first kappa shape index (κ1) is 20.6. The van der Waals surface area contributed by atoms with Gasteiger partial charge in [0.25, 0.3) is 0 Å². The minimum absolute atomic E-state index is 0.0508. The Morgan fingerprint density at radius 1 is 1.07 bits per heavy atom. The standard InChI is InChI=1S/C23H25NO5/c1-3-19(22(26)16-10-6-5-7-11-16)29-23(27)17-14-21(25)24(15-17)18-12-8-9-13-20(18)28-4-2/h5-13,17,19H,3-4,14-15H2,1-2H3/t17-,19-/m0/s1. The molecule has 1 aliphatic heterocycles. The third kappa shape index (κ3) is 4.65. The monoisotopic (exact) mass is 395 g/mol. The van der Waals surface area contributed by atoms with Crippen LogP contribution in [0.3, 0.4) is 0 Å². The highest BCUT2D eigenvalue weighted by Crippen LogP contribution is 2.33. The van der Waals surface area contributed by atoms with Crippen LogP contribution in [-0.4, -0.2) is 36.9 Å². The molecule has 0 radical (unpaired) electrons. The average molecular weight is 395 g/mol. The summed E-state index contributed by atoms with van der Waals surface area (Å²) in [6.07, 6.45) is -0.434. The zero-order chi connectivity index (χ0) is 20.8. The molecule has 2 aromatic rings. The Balaban J connectivity index is 1.69. The number of carbonyl (C=O) groups excluding carboxylic acids is 3. The SMILES string of the molecule is CCOc1ccccc1N1C[C@@H](C(=O)O[C@@H](CC)C(=O)c2ccccc2)CC1=O. The van der Waals surface area contributed by atoms with Gasteiger partial charge in [0.2, 0.25) is 11.7 Å². The summed E-state index contributed by atoms with van der Waals surface area (Å²) in [6, 6.07) is 16.0. The molecule has 6 heteroatoms. The Kier molecular flexibility index (Phi) is 6.65. The van der Waals surface area contributed by atoms with E-state index in [0.717, 1.165) is 0 Å². The van der Waals surface area contributed by atoms with Gasteiger partial charge in [-0.05, 0) is 25.5 Å². The highest BCUT2D eigenvalue weighted by Gasteiger charge is 2.38. The maximum Gasteiger partial charge on any atom is 0.312 e. The first-order chi connectivity index (χ1) is 14.0. The van der Waals surface area contributed by atoms with E-state index >= 15 is 0 Å². The Labute approximate surface area is 170 Å². The van der Waals surface area contributed by atoms with E-state index in [-0.39, 0.29) is 24.7 Å². The number of esters is 1. The van der Waals surface area contributed by atoms with Crippen molar-refractivity contribution in [3.05, 3.63) is 60.2 Å². The lowest BCUT2D eigenvalue weighted by atomic mass is 10.0. The van der Waals surface area contributed by atoms with Gasteiger partial charge in [0.15, 0.2) is 6.10 Å². The number of rotatable bonds is 8. The molecule has 0 aliphatic carbocycles. The molecule has 0 unspecified atom stereocenters. The van der Waals surface area contributed by atoms with Gasteiger partial charge in [-0.15, -0.1) is 0 Å².